The van der Waals surface area contributed by atoms with Crippen molar-refractivity contribution in [3.8, 4) is 0 Å². The number of allylic oxidation sites excluding steroid dienone is 2. The van der Waals surface area contributed by atoms with Crippen molar-refractivity contribution >= 4 is 27.5 Å². The second kappa shape index (κ2) is 8.40. The molecular weight excluding hydrogens is 434 g/mol. The summed E-state index contributed by atoms with van der Waals surface area (Å²) in [7, 11) is 0. The van der Waals surface area contributed by atoms with Crippen LogP contribution in [0.25, 0.3) is 27.5 Å². The SMILES string of the molecule is Cc1ccc(C2=CC(c3c(C4(C)OC(C)CC(C)O4)ccc4c3oc3ccccc34)NC=C2)cc1. The molecule has 1 saturated heterocycles. The Balaban J connectivity index is 1.57. The minimum absolute atomic E-state index is 0.0980. The second-order valence-electron chi connectivity index (χ2n) is 10.0. The van der Waals surface area contributed by atoms with Gasteiger partial charge in [0.25, 0.3) is 0 Å². The first-order valence-electron chi connectivity index (χ1n) is 12.4. The van der Waals surface area contributed by atoms with E-state index in [0.717, 1.165) is 39.5 Å². The fourth-order valence-corrected chi connectivity index (χ4v) is 5.63. The molecule has 4 nitrogen and oxygen atoms in total. The van der Waals surface area contributed by atoms with E-state index >= 15 is 0 Å². The summed E-state index contributed by atoms with van der Waals surface area (Å²) in [5, 5.41) is 5.79. The number of ether oxygens (including phenoxy) is 2. The van der Waals surface area contributed by atoms with E-state index < -0.39 is 5.79 Å². The summed E-state index contributed by atoms with van der Waals surface area (Å²) in [5.41, 5.74) is 7.41. The maximum absolute atomic E-state index is 6.52. The normalized spacial score (nSPS) is 26.6. The molecule has 4 heteroatoms. The molecule has 3 heterocycles. The predicted molar refractivity (Wildman–Crippen MR) is 141 cm³/mol. The van der Waals surface area contributed by atoms with Crippen LogP contribution in [0.2, 0.25) is 0 Å². The van der Waals surface area contributed by atoms with E-state index in [2.05, 4.69) is 86.8 Å². The second-order valence-corrected chi connectivity index (χ2v) is 10.0. The summed E-state index contributed by atoms with van der Waals surface area (Å²) in [6.45, 7) is 8.39. The largest absolute Gasteiger partial charge is 0.456 e. The zero-order valence-corrected chi connectivity index (χ0v) is 20.7. The summed E-state index contributed by atoms with van der Waals surface area (Å²) >= 11 is 0. The predicted octanol–water partition coefficient (Wildman–Crippen LogP) is 7.52. The molecule has 3 atom stereocenters. The molecule has 0 saturated carbocycles. The van der Waals surface area contributed by atoms with Gasteiger partial charge in [-0.05, 0) is 75.7 Å². The Kier molecular flexibility index (Phi) is 5.32. The summed E-state index contributed by atoms with van der Waals surface area (Å²) in [5.74, 6) is -0.875. The van der Waals surface area contributed by atoms with Crippen molar-refractivity contribution in [2.75, 3.05) is 0 Å². The molecule has 2 aliphatic heterocycles. The summed E-state index contributed by atoms with van der Waals surface area (Å²) in [4.78, 5) is 0. The molecule has 0 bridgehead atoms. The number of benzene rings is 3. The lowest BCUT2D eigenvalue weighted by Gasteiger charge is -2.42. The third-order valence-electron chi connectivity index (χ3n) is 7.17. The first-order valence-corrected chi connectivity index (χ1v) is 12.4. The smallest absolute Gasteiger partial charge is 0.192 e. The van der Waals surface area contributed by atoms with Gasteiger partial charge >= 0.3 is 0 Å². The van der Waals surface area contributed by atoms with Crippen molar-refractivity contribution in [3.63, 3.8) is 0 Å². The van der Waals surface area contributed by atoms with Crippen LogP contribution in [-0.2, 0) is 15.3 Å². The molecule has 0 amide bonds. The highest BCUT2D eigenvalue weighted by atomic mass is 16.7. The lowest BCUT2D eigenvalue weighted by atomic mass is 9.89. The molecule has 0 radical (unpaired) electrons. The van der Waals surface area contributed by atoms with Crippen molar-refractivity contribution in [2.45, 2.75) is 58.2 Å². The van der Waals surface area contributed by atoms with Crippen LogP contribution in [0.3, 0.4) is 0 Å². The van der Waals surface area contributed by atoms with Gasteiger partial charge in [0.15, 0.2) is 5.79 Å². The lowest BCUT2D eigenvalue weighted by Crippen LogP contribution is -2.43. The number of dihydropyridines is 1. The summed E-state index contributed by atoms with van der Waals surface area (Å²) in [6.07, 6.45) is 7.50. The highest BCUT2D eigenvalue weighted by molar-refractivity contribution is 6.06. The van der Waals surface area contributed by atoms with E-state index in [4.69, 9.17) is 13.9 Å². The highest BCUT2D eigenvalue weighted by Crippen LogP contribution is 2.44. The maximum Gasteiger partial charge on any atom is 0.192 e. The van der Waals surface area contributed by atoms with Crippen molar-refractivity contribution in [1.82, 2.24) is 5.32 Å². The Morgan fingerprint density at radius 3 is 2.40 bits per heavy atom. The van der Waals surface area contributed by atoms with E-state index in [1.54, 1.807) is 0 Å². The molecule has 4 aromatic rings. The molecule has 1 aromatic heterocycles. The first-order chi connectivity index (χ1) is 16.9. The van der Waals surface area contributed by atoms with Crippen molar-refractivity contribution in [2.24, 2.45) is 0 Å². The van der Waals surface area contributed by atoms with Gasteiger partial charge in [0.05, 0.1) is 18.2 Å². The molecule has 0 aliphatic carbocycles. The Morgan fingerprint density at radius 1 is 0.886 bits per heavy atom. The third kappa shape index (κ3) is 3.87. The average Bonchev–Trinajstić information content (AvgIpc) is 3.22. The number of aryl methyl sites for hydroxylation is 1. The maximum atomic E-state index is 6.52. The van der Waals surface area contributed by atoms with Gasteiger partial charge in [-0.15, -0.1) is 0 Å². The molecule has 35 heavy (non-hydrogen) atoms. The Labute approximate surface area is 206 Å². The molecule has 178 valence electrons. The number of hydrogen-bond acceptors (Lipinski definition) is 4. The lowest BCUT2D eigenvalue weighted by molar-refractivity contribution is -0.311. The van der Waals surface area contributed by atoms with Gasteiger partial charge in [-0.3, -0.25) is 0 Å². The minimum Gasteiger partial charge on any atom is -0.456 e. The van der Waals surface area contributed by atoms with E-state index in [0.29, 0.717) is 0 Å². The Hall–Kier alpha value is -3.34. The van der Waals surface area contributed by atoms with E-state index in [9.17, 15) is 0 Å². The number of furan rings is 1. The Bertz CT molecular complexity index is 1450. The van der Waals surface area contributed by atoms with Gasteiger partial charge in [0.1, 0.15) is 11.2 Å². The zero-order valence-electron chi connectivity index (χ0n) is 20.7. The monoisotopic (exact) mass is 465 g/mol. The molecule has 1 N–H and O–H groups in total. The van der Waals surface area contributed by atoms with Crippen LogP contribution in [0.4, 0.5) is 0 Å². The summed E-state index contributed by atoms with van der Waals surface area (Å²) in [6, 6.07) is 21.1. The fourth-order valence-electron chi connectivity index (χ4n) is 5.63. The van der Waals surface area contributed by atoms with Gasteiger partial charge in [0.2, 0.25) is 0 Å². The molecule has 2 aliphatic rings. The van der Waals surface area contributed by atoms with Gasteiger partial charge in [-0.25, -0.2) is 0 Å². The van der Waals surface area contributed by atoms with Crippen molar-refractivity contribution in [1.29, 1.82) is 0 Å². The van der Waals surface area contributed by atoms with Crippen LogP contribution < -0.4 is 5.32 Å². The molecule has 6 rings (SSSR count). The van der Waals surface area contributed by atoms with Gasteiger partial charge in [-0.2, -0.15) is 0 Å². The van der Waals surface area contributed by atoms with Gasteiger partial charge < -0.3 is 19.2 Å². The molecule has 3 unspecified atom stereocenters. The van der Waals surface area contributed by atoms with Crippen LogP contribution in [0, 0.1) is 6.92 Å². The van der Waals surface area contributed by atoms with Crippen LogP contribution in [-0.4, -0.2) is 12.2 Å². The standard InChI is InChI=1S/C31H31NO3/c1-19-9-11-22(12-10-19)23-15-16-32-27(18-23)29-26(31(4)34-20(2)17-21(3)35-31)14-13-25-24-7-5-6-8-28(24)33-30(25)29/h5-16,18,20-21,27,32H,17H2,1-4H3. The number of fused-ring (bicyclic) bond motifs is 3. The zero-order chi connectivity index (χ0) is 24.2. The van der Waals surface area contributed by atoms with E-state index in [-0.39, 0.29) is 18.2 Å². The molecular formula is C31H31NO3. The van der Waals surface area contributed by atoms with Gasteiger partial charge in [-0.1, -0.05) is 54.1 Å². The number of nitrogens with one attached hydrogen (secondary N) is 1. The highest BCUT2D eigenvalue weighted by Gasteiger charge is 2.41. The molecule has 3 aromatic carbocycles. The van der Waals surface area contributed by atoms with Crippen molar-refractivity contribution < 1.29 is 13.9 Å². The molecule has 1 fully saturated rings. The van der Waals surface area contributed by atoms with E-state index in [1.165, 1.54) is 16.7 Å². The minimum atomic E-state index is -0.875. The van der Waals surface area contributed by atoms with Crippen LogP contribution in [0.1, 0.15) is 55.5 Å². The quantitative estimate of drug-likeness (QED) is 0.340. The number of para-hydroxylation sites is 1. The Morgan fingerprint density at radius 2 is 1.63 bits per heavy atom. The fraction of sp³-hybridized carbons (Fsp3) is 0.290. The number of rotatable bonds is 3. The van der Waals surface area contributed by atoms with Crippen LogP contribution in [0.5, 0.6) is 0 Å². The van der Waals surface area contributed by atoms with Crippen LogP contribution in [0.15, 0.2) is 83.4 Å². The topological polar surface area (TPSA) is 43.6 Å². The first kappa shape index (κ1) is 22.1. The summed E-state index contributed by atoms with van der Waals surface area (Å²) < 4.78 is 19.5. The van der Waals surface area contributed by atoms with Gasteiger partial charge in [0, 0.05) is 21.9 Å². The van der Waals surface area contributed by atoms with E-state index in [1.807, 2.05) is 25.3 Å². The molecule has 0 spiro atoms. The third-order valence-corrected chi connectivity index (χ3v) is 7.17. The number of hydrogen-bond donors (Lipinski definition) is 1. The van der Waals surface area contributed by atoms with Crippen molar-refractivity contribution in [3.05, 3.63) is 101 Å². The average molecular weight is 466 g/mol. The van der Waals surface area contributed by atoms with Crippen LogP contribution >= 0.6 is 0 Å².